The molecule has 0 saturated heterocycles. The highest BCUT2D eigenvalue weighted by Crippen LogP contribution is 2.29. The van der Waals surface area contributed by atoms with Gasteiger partial charge in [-0.3, -0.25) is 0 Å². The summed E-state index contributed by atoms with van der Waals surface area (Å²) < 4.78 is 0. The first kappa shape index (κ1) is 14.9. The lowest BCUT2D eigenvalue weighted by molar-refractivity contribution is -0.131. The van der Waals surface area contributed by atoms with Gasteiger partial charge in [0.05, 0.1) is 0 Å². The zero-order valence-corrected chi connectivity index (χ0v) is 13.1. The van der Waals surface area contributed by atoms with Gasteiger partial charge in [-0.2, -0.15) is 0 Å². The quantitative estimate of drug-likeness (QED) is 0.639. The van der Waals surface area contributed by atoms with E-state index in [1.165, 1.54) is 27.0 Å². The largest absolute Gasteiger partial charge is 0.478 e. The molecule has 0 bridgehead atoms. The fraction of sp³-hybridized carbons (Fsp3) is 0.188. The molecule has 0 amide bonds. The summed E-state index contributed by atoms with van der Waals surface area (Å²) >= 11 is 3.48. The average Bonchev–Trinajstić information content (AvgIpc) is 2.83. The Morgan fingerprint density at radius 2 is 2.15 bits per heavy atom. The molecule has 1 aromatic heterocycles. The van der Waals surface area contributed by atoms with Crippen molar-refractivity contribution in [3.8, 4) is 0 Å². The Labute approximate surface area is 127 Å². The van der Waals surface area contributed by atoms with Crippen LogP contribution in [0.25, 0.3) is 6.08 Å². The van der Waals surface area contributed by atoms with Crippen molar-refractivity contribution in [3.05, 3.63) is 57.3 Å². The first-order valence-electron chi connectivity index (χ1n) is 6.23. The smallest absolute Gasteiger partial charge is 0.328 e. The molecule has 0 radical (unpaired) electrons. The maximum absolute atomic E-state index is 10.5. The second-order valence-corrected chi connectivity index (χ2v) is 6.59. The Morgan fingerprint density at radius 3 is 2.85 bits per heavy atom. The summed E-state index contributed by atoms with van der Waals surface area (Å²) in [5.74, 6) is -0.00226. The molecule has 0 fully saturated rings. The second kappa shape index (κ2) is 6.77. The maximum atomic E-state index is 10.5. The van der Waals surface area contributed by atoms with Crippen molar-refractivity contribution < 1.29 is 9.90 Å². The van der Waals surface area contributed by atoms with E-state index in [-0.39, 0.29) is 0 Å². The van der Waals surface area contributed by atoms with Gasteiger partial charge in [0.15, 0.2) is 0 Å². The van der Waals surface area contributed by atoms with Gasteiger partial charge in [0.25, 0.3) is 0 Å². The average molecular weight is 304 g/mol. The van der Waals surface area contributed by atoms with Crippen LogP contribution in [0.5, 0.6) is 0 Å². The first-order valence-corrected chi connectivity index (χ1v) is 8.09. The highest BCUT2D eigenvalue weighted by molar-refractivity contribution is 7.98. The van der Waals surface area contributed by atoms with E-state index in [2.05, 4.69) is 32.0 Å². The van der Waals surface area contributed by atoms with E-state index in [9.17, 15) is 4.79 Å². The van der Waals surface area contributed by atoms with Crippen LogP contribution in [0.15, 0.2) is 40.6 Å². The molecule has 2 aromatic rings. The topological polar surface area (TPSA) is 37.3 Å². The number of rotatable bonds is 5. The van der Waals surface area contributed by atoms with E-state index in [4.69, 9.17) is 5.11 Å². The number of thiophene rings is 1. The van der Waals surface area contributed by atoms with Crippen molar-refractivity contribution in [1.82, 2.24) is 0 Å². The molecule has 0 aliphatic carbocycles. The van der Waals surface area contributed by atoms with Gasteiger partial charge in [-0.1, -0.05) is 17.7 Å². The van der Waals surface area contributed by atoms with Gasteiger partial charge in [-0.05, 0) is 48.6 Å². The molecule has 0 spiro atoms. The van der Waals surface area contributed by atoms with Crippen LogP contribution in [0.2, 0.25) is 0 Å². The summed E-state index contributed by atoms with van der Waals surface area (Å²) in [7, 11) is 0. The highest BCUT2D eigenvalue weighted by Gasteiger charge is 2.03. The molecule has 1 aromatic carbocycles. The van der Waals surface area contributed by atoms with E-state index in [0.29, 0.717) is 0 Å². The van der Waals surface area contributed by atoms with E-state index < -0.39 is 5.97 Å². The fourth-order valence-electron chi connectivity index (χ4n) is 1.84. The SMILES string of the molecule is Cc1ccc(SCc2cc(C=CC(=O)O)cs2)c(C)c1. The predicted octanol–water partition coefficient (Wildman–Crippen LogP) is 4.76. The number of aliphatic carboxylic acids is 1. The summed E-state index contributed by atoms with van der Waals surface area (Å²) in [5, 5.41) is 10.6. The lowest BCUT2D eigenvalue weighted by Crippen LogP contribution is -1.84. The number of carbonyl (C=O) groups is 1. The number of hydrogen-bond acceptors (Lipinski definition) is 3. The van der Waals surface area contributed by atoms with Crippen molar-refractivity contribution in [2.24, 2.45) is 0 Å². The zero-order valence-electron chi connectivity index (χ0n) is 11.4. The fourth-order valence-corrected chi connectivity index (χ4v) is 3.76. The minimum absolute atomic E-state index is 0.912. The molecule has 2 rings (SSSR count). The number of benzene rings is 1. The number of aryl methyl sites for hydroxylation is 2. The third-order valence-corrected chi connectivity index (χ3v) is 5.15. The van der Waals surface area contributed by atoms with Gasteiger partial charge in [-0.15, -0.1) is 23.1 Å². The van der Waals surface area contributed by atoms with Crippen LogP contribution in [0, 0.1) is 13.8 Å². The Kier molecular flexibility index (Phi) is 5.04. The third-order valence-electron chi connectivity index (χ3n) is 2.79. The highest BCUT2D eigenvalue weighted by atomic mass is 32.2. The van der Waals surface area contributed by atoms with Crippen LogP contribution >= 0.6 is 23.1 Å². The Balaban J connectivity index is 1.99. The van der Waals surface area contributed by atoms with E-state index >= 15 is 0 Å². The van der Waals surface area contributed by atoms with Crippen molar-refractivity contribution >= 4 is 35.1 Å². The van der Waals surface area contributed by atoms with Crippen LogP contribution in [0.4, 0.5) is 0 Å². The number of carboxylic acid groups (broad SMARTS) is 1. The normalized spacial score (nSPS) is 11.1. The lowest BCUT2D eigenvalue weighted by atomic mass is 10.2. The molecule has 20 heavy (non-hydrogen) atoms. The first-order chi connectivity index (χ1) is 9.54. The van der Waals surface area contributed by atoms with Crippen molar-refractivity contribution in [2.75, 3.05) is 0 Å². The van der Waals surface area contributed by atoms with Gasteiger partial charge in [0.2, 0.25) is 0 Å². The minimum atomic E-state index is -0.914. The number of hydrogen-bond donors (Lipinski definition) is 1. The van der Waals surface area contributed by atoms with Gasteiger partial charge >= 0.3 is 5.97 Å². The van der Waals surface area contributed by atoms with Gasteiger partial charge in [-0.25, -0.2) is 4.79 Å². The summed E-state index contributed by atoms with van der Waals surface area (Å²) in [6.45, 7) is 4.23. The zero-order chi connectivity index (χ0) is 14.5. The monoisotopic (exact) mass is 304 g/mol. The standard InChI is InChI=1S/C16H16O2S2/c1-11-3-5-15(12(2)7-11)20-10-14-8-13(9-19-14)4-6-16(17)18/h3-9H,10H2,1-2H3,(H,17,18). The van der Waals surface area contributed by atoms with Crippen LogP contribution in [-0.2, 0) is 10.5 Å². The van der Waals surface area contributed by atoms with Gasteiger partial charge in [0, 0.05) is 21.6 Å². The molecule has 1 N–H and O–H groups in total. The third kappa shape index (κ3) is 4.25. The molecule has 0 aliphatic rings. The molecule has 1 heterocycles. The van der Waals surface area contributed by atoms with E-state index in [1.807, 2.05) is 23.2 Å². The summed E-state index contributed by atoms with van der Waals surface area (Å²) in [6, 6.07) is 8.53. The molecular formula is C16H16O2S2. The maximum Gasteiger partial charge on any atom is 0.328 e. The molecule has 4 heteroatoms. The number of carboxylic acids is 1. The minimum Gasteiger partial charge on any atom is -0.478 e. The summed E-state index contributed by atoms with van der Waals surface area (Å²) in [4.78, 5) is 13.0. The van der Waals surface area contributed by atoms with Gasteiger partial charge in [0.1, 0.15) is 0 Å². The van der Waals surface area contributed by atoms with Crippen molar-refractivity contribution in [3.63, 3.8) is 0 Å². The Morgan fingerprint density at radius 1 is 1.35 bits per heavy atom. The van der Waals surface area contributed by atoms with Gasteiger partial charge < -0.3 is 5.11 Å². The summed E-state index contributed by atoms with van der Waals surface area (Å²) in [6.07, 6.45) is 2.80. The molecule has 0 unspecified atom stereocenters. The van der Waals surface area contributed by atoms with Crippen molar-refractivity contribution in [2.45, 2.75) is 24.5 Å². The summed E-state index contributed by atoms with van der Waals surface area (Å²) in [5.41, 5.74) is 3.54. The van der Waals surface area contributed by atoms with Crippen LogP contribution < -0.4 is 0 Å². The second-order valence-electron chi connectivity index (χ2n) is 4.58. The van der Waals surface area contributed by atoms with Crippen LogP contribution in [-0.4, -0.2) is 11.1 Å². The Bertz CT molecular complexity index is 642. The molecule has 0 saturated carbocycles. The molecule has 104 valence electrons. The molecule has 2 nitrogen and oxygen atoms in total. The predicted molar refractivity (Wildman–Crippen MR) is 86.5 cm³/mol. The number of thioether (sulfide) groups is 1. The Hall–Kier alpha value is -1.52. The van der Waals surface area contributed by atoms with Crippen LogP contribution in [0.1, 0.15) is 21.6 Å². The molecule has 0 aliphatic heterocycles. The van der Waals surface area contributed by atoms with Crippen LogP contribution in [0.3, 0.4) is 0 Å². The van der Waals surface area contributed by atoms with E-state index in [1.54, 1.807) is 17.4 Å². The molecule has 0 atom stereocenters. The van der Waals surface area contributed by atoms with Crippen molar-refractivity contribution in [1.29, 1.82) is 0 Å². The molecular weight excluding hydrogens is 288 g/mol. The van der Waals surface area contributed by atoms with E-state index in [0.717, 1.165) is 11.3 Å². The lowest BCUT2D eigenvalue weighted by Gasteiger charge is -2.05.